The number of rotatable bonds is 8. The minimum absolute atomic E-state index is 0.250. The van der Waals surface area contributed by atoms with Gasteiger partial charge in [-0.1, -0.05) is 47.1 Å². The van der Waals surface area contributed by atoms with Crippen molar-refractivity contribution in [3.8, 4) is 0 Å². The van der Waals surface area contributed by atoms with Crippen molar-refractivity contribution in [1.29, 1.82) is 0 Å². The van der Waals surface area contributed by atoms with Crippen LogP contribution in [0.4, 0.5) is 26.3 Å². The summed E-state index contributed by atoms with van der Waals surface area (Å²) in [6.45, 7) is 0. The first-order valence-electron chi connectivity index (χ1n) is 8.76. The summed E-state index contributed by atoms with van der Waals surface area (Å²) in [6.07, 6.45) is -2.05. The molecule has 2 rings (SSSR count). The lowest BCUT2D eigenvalue weighted by atomic mass is 10.4. The monoisotopic (exact) mass is 542 g/mol. The molecule has 0 spiro atoms. The highest BCUT2D eigenvalue weighted by molar-refractivity contribution is 8.51. The van der Waals surface area contributed by atoms with E-state index in [1.54, 1.807) is 60.7 Å². The third kappa shape index (κ3) is 5.37. The molecule has 0 saturated heterocycles. The van der Waals surface area contributed by atoms with Gasteiger partial charge in [0.1, 0.15) is 0 Å². The zero-order valence-electron chi connectivity index (χ0n) is 16.0. The summed E-state index contributed by atoms with van der Waals surface area (Å²) < 4.78 is 121. The van der Waals surface area contributed by atoms with E-state index in [1.807, 2.05) is 0 Å². The number of benzene rings is 2. The number of halogens is 7. The van der Waals surface area contributed by atoms with Gasteiger partial charge in [0.15, 0.2) is 4.58 Å². The summed E-state index contributed by atoms with van der Waals surface area (Å²) in [5.41, 5.74) is -12.4. The molecule has 32 heavy (non-hydrogen) atoms. The summed E-state index contributed by atoms with van der Waals surface area (Å²) in [7, 11) is -9.05. The van der Waals surface area contributed by atoms with Crippen LogP contribution in [0, 0.1) is 0 Å². The van der Waals surface area contributed by atoms with E-state index in [2.05, 4.69) is 0 Å². The third-order valence-corrected chi connectivity index (χ3v) is 13.5. The highest BCUT2D eigenvalue weighted by Crippen LogP contribution is 2.67. The molecule has 0 aliphatic heterocycles. The highest BCUT2D eigenvalue weighted by atomic mass is 35.7. The van der Waals surface area contributed by atoms with Gasteiger partial charge >= 0.3 is 11.0 Å². The molecule has 0 bridgehead atoms. The predicted molar refractivity (Wildman–Crippen MR) is 111 cm³/mol. The van der Waals surface area contributed by atoms with Crippen molar-refractivity contribution in [2.24, 2.45) is 0 Å². The number of hydrogen-bond donors (Lipinski definition) is 0. The van der Waals surface area contributed by atoms with Gasteiger partial charge in [0.2, 0.25) is 0 Å². The van der Waals surface area contributed by atoms with E-state index in [0.717, 1.165) is 0 Å². The van der Waals surface area contributed by atoms with Crippen molar-refractivity contribution < 1.29 is 43.2 Å². The molecule has 0 N–H and O–H groups in total. The minimum Gasteiger partial charge on any atom is -0.218 e. The molecule has 0 saturated carbocycles. The van der Waals surface area contributed by atoms with Crippen molar-refractivity contribution in [1.82, 2.24) is 0 Å². The van der Waals surface area contributed by atoms with Crippen LogP contribution in [0.1, 0.15) is 12.8 Å². The molecule has 0 fully saturated rings. The second-order valence-electron chi connectivity index (χ2n) is 6.54. The lowest BCUT2D eigenvalue weighted by Gasteiger charge is -2.34. The Labute approximate surface area is 187 Å². The first kappa shape index (κ1) is 26.8. The molecule has 0 radical (unpaired) electrons. The molecule has 0 amide bonds. The Morgan fingerprint density at radius 1 is 0.688 bits per heavy atom. The summed E-state index contributed by atoms with van der Waals surface area (Å²) in [6, 6.07) is 16.3. The lowest BCUT2D eigenvalue weighted by Crippen LogP contribution is -2.45. The maximum absolute atomic E-state index is 13.0. The predicted octanol–water partition coefficient (Wildman–Crippen LogP) is 6.04. The Morgan fingerprint density at radius 3 is 1.34 bits per heavy atom. The summed E-state index contributed by atoms with van der Waals surface area (Å²) in [5.74, 6) is -0.250. The van der Waals surface area contributed by atoms with Crippen LogP contribution in [-0.2, 0) is 19.7 Å². The van der Waals surface area contributed by atoms with Crippen LogP contribution in [0.5, 0.6) is 0 Å². The molecule has 0 aliphatic carbocycles. The zero-order valence-corrected chi connectivity index (χ0v) is 19.2. The van der Waals surface area contributed by atoms with Gasteiger partial charge in [0.05, 0.1) is 0 Å². The fourth-order valence-electron chi connectivity index (χ4n) is 2.87. The topological polar surface area (TPSA) is 68.3 Å². The van der Waals surface area contributed by atoms with E-state index in [9.17, 15) is 43.2 Å². The molecule has 2 aromatic carbocycles. The van der Waals surface area contributed by atoms with E-state index in [0.29, 0.717) is 9.79 Å². The molecule has 180 valence electrons. The van der Waals surface area contributed by atoms with Crippen molar-refractivity contribution in [3.05, 3.63) is 60.7 Å². The Kier molecular flexibility index (Phi) is 7.90. The van der Waals surface area contributed by atoms with Crippen molar-refractivity contribution in [2.75, 3.05) is 5.75 Å². The van der Waals surface area contributed by atoms with Crippen LogP contribution < -0.4 is 0 Å². The average Bonchev–Trinajstić information content (AvgIpc) is 2.70. The normalized spacial score (nSPS) is 14.5. The Balaban J connectivity index is 2.44. The first-order valence-corrected chi connectivity index (χ1v) is 14.5. The number of sulfone groups is 2. The van der Waals surface area contributed by atoms with Gasteiger partial charge in [-0.2, -0.15) is 26.3 Å². The molecular formula is C18H17ClF6O4S3. The molecule has 0 heterocycles. The van der Waals surface area contributed by atoms with Crippen LogP contribution in [0.25, 0.3) is 0 Å². The lowest BCUT2D eigenvalue weighted by molar-refractivity contribution is -0.0472. The van der Waals surface area contributed by atoms with Crippen molar-refractivity contribution >= 4 is 39.6 Å². The van der Waals surface area contributed by atoms with E-state index in [1.165, 1.54) is 0 Å². The molecular weight excluding hydrogens is 526 g/mol. The number of alkyl halides is 6. The second-order valence-corrected chi connectivity index (χ2v) is 15.3. The second kappa shape index (κ2) is 9.43. The standard InChI is InChI=1S/C18H17ClF6O4S3/c19-30(14-8-3-1-4-9-14,15-10-5-2-6-11-15)13-7-12-16(31(26,27)17(20,21)22)32(28,29)18(23,24)25/h1-6,8-11,16H,7,12-13H2. The number of hydrogen-bond acceptors (Lipinski definition) is 4. The maximum atomic E-state index is 13.0. The third-order valence-electron chi connectivity index (χ3n) is 4.44. The van der Waals surface area contributed by atoms with Gasteiger partial charge in [0.25, 0.3) is 19.7 Å². The van der Waals surface area contributed by atoms with Crippen LogP contribution in [-0.4, -0.2) is 38.2 Å². The Morgan fingerprint density at radius 2 is 1.03 bits per heavy atom. The average molecular weight is 543 g/mol. The van der Waals surface area contributed by atoms with E-state index < -0.39 is 57.4 Å². The summed E-state index contributed by atoms with van der Waals surface area (Å²) in [5, 5.41) is 0. The fourth-order valence-corrected chi connectivity index (χ4v) is 9.84. The van der Waals surface area contributed by atoms with Gasteiger partial charge in [-0.05, 0) is 42.9 Å². The molecule has 4 nitrogen and oxygen atoms in total. The molecule has 0 unspecified atom stereocenters. The van der Waals surface area contributed by atoms with Gasteiger partial charge in [0, 0.05) is 9.79 Å². The molecule has 0 aliphatic rings. The Hall–Kier alpha value is -1.44. The van der Waals surface area contributed by atoms with Crippen LogP contribution >= 0.6 is 19.9 Å². The fraction of sp³-hybridized carbons (Fsp3) is 0.333. The first-order chi connectivity index (χ1) is 14.5. The van der Waals surface area contributed by atoms with Gasteiger partial charge < -0.3 is 0 Å². The van der Waals surface area contributed by atoms with Crippen molar-refractivity contribution in [3.63, 3.8) is 0 Å². The Bertz CT molecular complexity index is 1040. The maximum Gasteiger partial charge on any atom is 0.498 e. The van der Waals surface area contributed by atoms with E-state index in [4.69, 9.17) is 10.7 Å². The van der Waals surface area contributed by atoms with E-state index in [-0.39, 0.29) is 5.75 Å². The smallest absolute Gasteiger partial charge is 0.218 e. The van der Waals surface area contributed by atoms with Crippen LogP contribution in [0.15, 0.2) is 70.5 Å². The van der Waals surface area contributed by atoms with Gasteiger partial charge in [-0.3, -0.25) is 0 Å². The summed E-state index contributed by atoms with van der Waals surface area (Å²) >= 11 is 0. The van der Waals surface area contributed by atoms with Gasteiger partial charge in [-0.15, -0.1) is 9.24 Å². The van der Waals surface area contributed by atoms with Crippen LogP contribution in [0.3, 0.4) is 0 Å². The van der Waals surface area contributed by atoms with Gasteiger partial charge in [-0.25, -0.2) is 16.8 Å². The molecule has 0 atom stereocenters. The molecule has 0 aromatic heterocycles. The molecule has 14 heteroatoms. The highest BCUT2D eigenvalue weighted by Gasteiger charge is 2.62. The SMILES string of the molecule is O=S(=O)(C(CCCS(Cl)(c1ccccc1)c1ccccc1)S(=O)(=O)C(F)(F)F)C(F)(F)F. The summed E-state index contributed by atoms with van der Waals surface area (Å²) in [4.78, 5) is 1.06. The molecule has 2 aromatic rings. The zero-order chi connectivity index (χ0) is 24.4. The van der Waals surface area contributed by atoms with E-state index >= 15 is 0 Å². The quantitative estimate of drug-likeness (QED) is 0.381. The van der Waals surface area contributed by atoms with Crippen molar-refractivity contribution in [2.45, 2.75) is 38.2 Å². The van der Waals surface area contributed by atoms with Crippen LogP contribution in [0.2, 0.25) is 0 Å². The minimum atomic E-state index is -6.67. The largest absolute Gasteiger partial charge is 0.498 e.